The normalized spacial score (nSPS) is 17.9. The summed E-state index contributed by atoms with van der Waals surface area (Å²) in [7, 11) is 0. The Hall–Kier alpha value is -2.29. The molecule has 1 saturated carbocycles. The van der Waals surface area contributed by atoms with E-state index in [9.17, 15) is 4.79 Å². The molecule has 0 N–H and O–H groups in total. The summed E-state index contributed by atoms with van der Waals surface area (Å²) in [5.41, 5.74) is 2.34. The lowest BCUT2D eigenvalue weighted by Crippen LogP contribution is -2.29. The Morgan fingerprint density at radius 2 is 1.44 bits per heavy atom. The van der Waals surface area contributed by atoms with E-state index in [1.165, 1.54) is 56.9 Å². The summed E-state index contributed by atoms with van der Waals surface area (Å²) in [4.78, 5) is 12.6. The van der Waals surface area contributed by atoms with E-state index in [-0.39, 0.29) is 18.0 Å². The largest absolute Gasteiger partial charge is 0.489 e. The first kappa shape index (κ1) is 26.3. The van der Waals surface area contributed by atoms with Gasteiger partial charge in [0.25, 0.3) is 0 Å². The second-order valence-electron chi connectivity index (χ2n) is 9.81. The molecule has 0 saturated heterocycles. The minimum atomic E-state index is -0.0405. The van der Waals surface area contributed by atoms with E-state index in [4.69, 9.17) is 9.47 Å². The monoisotopic (exact) mass is 464 g/mol. The zero-order valence-electron chi connectivity index (χ0n) is 21.2. The van der Waals surface area contributed by atoms with Gasteiger partial charge >= 0.3 is 5.97 Å². The van der Waals surface area contributed by atoms with E-state index < -0.39 is 0 Å². The van der Waals surface area contributed by atoms with E-state index in [1.807, 2.05) is 30.3 Å². The number of esters is 1. The predicted octanol–water partition coefficient (Wildman–Crippen LogP) is 8.76. The van der Waals surface area contributed by atoms with Crippen LogP contribution < -0.4 is 4.74 Å². The van der Waals surface area contributed by atoms with E-state index >= 15 is 0 Å². The summed E-state index contributed by atoms with van der Waals surface area (Å²) in [6.45, 7) is 2.81. The van der Waals surface area contributed by atoms with Crippen molar-refractivity contribution in [3.05, 3.63) is 65.7 Å². The summed E-state index contributed by atoms with van der Waals surface area (Å²) >= 11 is 0. The third-order valence-corrected chi connectivity index (χ3v) is 7.03. The van der Waals surface area contributed by atoms with Crippen molar-refractivity contribution in [2.75, 3.05) is 0 Å². The zero-order chi connectivity index (χ0) is 23.8. The van der Waals surface area contributed by atoms with E-state index in [0.717, 1.165) is 43.4 Å². The van der Waals surface area contributed by atoms with Crippen LogP contribution in [0.1, 0.15) is 114 Å². The maximum absolute atomic E-state index is 12.6. The summed E-state index contributed by atoms with van der Waals surface area (Å²) in [6.07, 6.45) is 16.1. The molecule has 1 aliphatic carbocycles. The maximum atomic E-state index is 12.6. The fourth-order valence-electron chi connectivity index (χ4n) is 5.06. The second-order valence-corrected chi connectivity index (χ2v) is 9.81. The number of hydrogen-bond acceptors (Lipinski definition) is 3. The van der Waals surface area contributed by atoms with Gasteiger partial charge in [-0.2, -0.15) is 0 Å². The fraction of sp³-hybridized carbons (Fsp3) is 0.581. The molecule has 3 rings (SSSR count). The number of unbranched alkanes of at least 4 members (excludes halogenated alkanes) is 8. The van der Waals surface area contributed by atoms with Gasteiger partial charge in [-0.25, -0.2) is 0 Å². The minimum Gasteiger partial charge on any atom is -0.489 e. The van der Waals surface area contributed by atoms with Gasteiger partial charge in [0.05, 0.1) is 0 Å². The van der Waals surface area contributed by atoms with Crippen LogP contribution in [0.4, 0.5) is 0 Å². The first-order valence-electron chi connectivity index (χ1n) is 13.7. The van der Waals surface area contributed by atoms with Crippen molar-refractivity contribution in [3.63, 3.8) is 0 Å². The van der Waals surface area contributed by atoms with Crippen LogP contribution in [0.2, 0.25) is 0 Å². The van der Waals surface area contributed by atoms with Gasteiger partial charge in [0.15, 0.2) is 0 Å². The number of hydrogen-bond donors (Lipinski definition) is 0. The van der Waals surface area contributed by atoms with Gasteiger partial charge in [-0.15, -0.1) is 0 Å². The molecule has 0 unspecified atom stereocenters. The van der Waals surface area contributed by atoms with Crippen molar-refractivity contribution in [2.24, 2.45) is 0 Å². The van der Waals surface area contributed by atoms with Crippen LogP contribution in [0, 0.1) is 0 Å². The summed E-state index contributed by atoms with van der Waals surface area (Å²) in [5, 5.41) is 0. The van der Waals surface area contributed by atoms with Crippen molar-refractivity contribution >= 4 is 5.97 Å². The van der Waals surface area contributed by atoms with Crippen molar-refractivity contribution in [3.8, 4) is 5.75 Å². The van der Waals surface area contributed by atoms with Gasteiger partial charge in [0.1, 0.15) is 18.5 Å². The van der Waals surface area contributed by atoms with Gasteiger partial charge < -0.3 is 9.47 Å². The van der Waals surface area contributed by atoms with E-state index in [1.54, 1.807) is 0 Å². The fourth-order valence-corrected chi connectivity index (χ4v) is 5.06. The van der Waals surface area contributed by atoms with Crippen LogP contribution >= 0.6 is 0 Å². The molecule has 2 aromatic rings. The van der Waals surface area contributed by atoms with Crippen molar-refractivity contribution < 1.29 is 14.3 Å². The number of rotatable bonds is 15. The molecule has 1 fully saturated rings. The predicted molar refractivity (Wildman–Crippen MR) is 140 cm³/mol. The Morgan fingerprint density at radius 1 is 0.794 bits per heavy atom. The lowest BCUT2D eigenvalue weighted by molar-refractivity contribution is -0.151. The number of benzene rings is 2. The highest BCUT2D eigenvalue weighted by Crippen LogP contribution is 2.39. The molecular formula is C31H44O3. The van der Waals surface area contributed by atoms with Crippen LogP contribution in [-0.4, -0.2) is 12.1 Å². The zero-order valence-corrected chi connectivity index (χ0v) is 21.2. The van der Waals surface area contributed by atoms with Gasteiger partial charge in [-0.3, -0.25) is 4.79 Å². The quantitative estimate of drug-likeness (QED) is 0.195. The van der Waals surface area contributed by atoms with E-state index in [0.29, 0.717) is 13.0 Å². The maximum Gasteiger partial charge on any atom is 0.306 e. The Morgan fingerprint density at radius 3 is 2.21 bits per heavy atom. The Kier molecular flexibility index (Phi) is 12.1. The van der Waals surface area contributed by atoms with Gasteiger partial charge in [0.2, 0.25) is 0 Å². The summed E-state index contributed by atoms with van der Waals surface area (Å²) in [5.74, 6) is 1.11. The van der Waals surface area contributed by atoms with Crippen molar-refractivity contribution in [2.45, 2.75) is 115 Å². The number of carbonyl (C=O) groups excluding carboxylic acids is 1. The highest BCUT2D eigenvalue weighted by molar-refractivity contribution is 5.69. The minimum absolute atomic E-state index is 0.0254. The molecular weight excluding hydrogens is 420 g/mol. The van der Waals surface area contributed by atoms with Crippen molar-refractivity contribution in [1.82, 2.24) is 0 Å². The molecule has 34 heavy (non-hydrogen) atoms. The molecule has 1 aliphatic rings. The second kappa shape index (κ2) is 15.6. The molecule has 0 heterocycles. The first-order chi connectivity index (χ1) is 16.8. The third kappa shape index (κ3) is 9.16. The van der Waals surface area contributed by atoms with Crippen LogP contribution in [-0.2, 0) is 16.1 Å². The molecule has 2 atom stereocenters. The van der Waals surface area contributed by atoms with Gasteiger partial charge in [-0.1, -0.05) is 113 Å². The highest BCUT2D eigenvalue weighted by atomic mass is 16.5. The van der Waals surface area contributed by atoms with Gasteiger partial charge in [-0.05, 0) is 37.3 Å². The molecule has 0 amide bonds. The highest BCUT2D eigenvalue weighted by Gasteiger charge is 2.31. The third-order valence-electron chi connectivity index (χ3n) is 7.03. The van der Waals surface area contributed by atoms with Crippen LogP contribution in [0.5, 0.6) is 5.75 Å². The molecule has 0 bridgehead atoms. The van der Waals surface area contributed by atoms with Crippen LogP contribution in [0.15, 0.2) is 54.6 Å². The van der Waals surface area contributed by atoms with E-state index in [2.05, 4.69) is 31.2 Å². The molecule has 2 aromatic carbocycles. The molecule has 0 radical (unpaired) electrons. The molecule has 186 valence electrons. The molecule has 0 aromatic heterocycles. The van der Waals surface area contributed by atoms with Crippen molar-refractivity contribution in [1.29, 1.82) is 0 Å². The summed E-state index contributed by atoms with van der Waals surface area (Å²) < 4.78 is 12.3. The Balaban J connectivity index is 1.45. The Bertz CT molecular complexity index is 816. The average Bonchev–Trinajstić information content (AvgIpc) is 2.88. The van der Waals surface area contributed by atoms with Gasteiger partial charge in [0, 0.05) is 17.9 Å². The first-order valence-corrected chi connectivity index (χ1v) is 13.7. The van der Waals surface area contributed by atoms with Crippen LogP contribution in [0.25, 0.3) is 0 Å². The molecule has 3 nitrogen and oxygen atoms in total. The molecule has 3 heteroatoms. The summed E-state index contributed by atoms with van der Waals surface area (Å²) in [6, 6.07) is 18.6. The lowest BCUT2D eigenvalue weighted by Gasteiger charge is -2.32. The number of para-hydroxylation sites is 1. The molecule has 0 spiro atoms. The Labute approximate surface area is 207 Å². The SMILES string of the molecule is CCCCCCCCCCCC(=O)O[C@@H]1CCCC[C@H]1c1ccccc1OCc1ccccc1. The molecule has 0 aliphatic heterocycles. The average molecular weight is 465 g/mol. The lowest BCUT2D eigenvalue weighted by atomic mass is 9.81. The van der Waals surface area contributed by atoms with Crippen LogP contribution in [0.3, 0.4) is 0 Å². The standard InChI is InChI=1S/C31H44O3/c1-2-3-4-5-6-7-8-9-13-24-31(32)34-30-23-17-15-21-28(30)27-20-14-16-22-29(27)33-25-26-18-11-10-12-19-26/h10-12,14,16,18-20,22,28,30H,2-9,13,15,17,21,23-25H2,1H3/t28-,30+/m0/s1. The number of ether oxygens (including phenoxy) is 2. The topological polar surface area (TPSA) is 35.5 Å². The smallest absolute Gasteiger partial charge is 0.306 e. The number of carbonyl (C=O) groups is 1.